The smallest absolute Gasteiger partial charge is 0.0466 e. The molecule has 0 aliphatic heterocycles. The molecule has 1 unspecified atom stereocenters. The Labute approximate surface area is 113 Å². The Morgan fingerprint density at radius 1 is 1.06 bits per heavy atom. The zero-order chi connectivity index (χ0) is 13.0. The van der Waals surface area contributed by atoms with Crippen LogP contribution in [-0.2, 0) is 0 Å². The van der Waals surface area contributed by atoms with Crippen molar-refractivity contribution >= 4 is 11.8 Å². The molecule has 0 aromatic heterocycles. The molecule has 0 aliphatic rings. The molecule has 0 saturated heterocycles. The Balaban J connectivity index is 2.23. The van der Waals surface area contributed by atoms with Crippen LogP contribution in [0.4, 0.5) is 0 Å². The van der Waals surface area contributed by atoms with Gasteiger partial charge < -0.3 is 5.73 Å². The van der Waals surface area contributed by atoms with Gasteiger partial charge in [0.05, 0.1) is 0 Å². The zero-order valence-electron chi connectivity index (χ0n) is 10.9. The average Bonchev–Trinajstić information content (AvgIpc) is 2.41. The number of aryl methyl sites for hydroxylation is 2. The summed E-state index contributed by atoms with van der Waals surface area (Å²) in [6.07, 6.45) is 0. The molecule has 0 saturated carbocycles. The van der Waals surface area contributed by atoms with Crippen LogP contribution in [0.5, 0.6) is 0 Å². The molecule has 1 nitrogen and oxygen atoms in total. The normalized spacial score (nSPS) is 12.4. The van der Waals surface area contributed by atoms with Crippen LogP contribution in [0.3, 0.4) is 0 Å². The van der Waals surface area contributed by atoms with E-state index in [9.17, 15) is 0 Å². The highest BCUT2D eigenvalue weighted by Gasteiger charge is 2.12. The highest BCUT2D eigenvalue weighted by molar-refractivity contribution is 7.99. The monoisotopic (exact) mass is 257 g/mol. The molecule has 0 radical (unpaired) electrons. The van der Waals surface area contributed by atoms with E-state index >= 15 is 0 Å². The maximum atomic E-state index is 5.92. The van der Waals surface area contributed by atoms with Crippen LogP contribution in [0.25, 0.3) is 0 Å². The fourth-order valence-corrected chi connectivity index (χ4v) is 3.11. The van der Waals surface area contributed by atoms with Crippen molar-refractivity contribution in [3.8, 4) is 0 Å². The number of nitrogens with two attached hydrogens (primary N) is 1. The van der Waals surface area contributed by atoms with Crippen LogP contribution in [0, 0.1) is 13.8 Å². The predicted octanol–water partition coefficient (Wildman–Crippen LogP) is 4.10. The van der Waals surface area contributed by atoms with Gasteiger partial charge in [-0.1, -0.05) is 48.0 Å². The first-order chi connectivity index (χ1) is 8.70. The van der Waals surface area contributed by atoms with E-state index in [2.05, 4.69) is 56.3 Å². The molecule has 0 heterocycles. The lowest BCUT2D eigenvalue weighted by Crippen LogP contribution is -2.09. The fraction of sp³-hybridized carbons (Fsp3) is 0.250. The van der Waals surface area contributed by atoms with Crippen LogP contribution in [0.15, 0.2) is 53.4 Å². The van der Waals surface area contributed by atoms with E-state index < -0.39 is 0 Å². The Morgan fingerprint density at radius 3 is 2.44 bits per heavy atom. The maximum absolute atomic E-state index is 5.92. The third-order valence-corrected chi connectivity index (χ3v) is 4.44. The van der Waals surface area contributed by atoms with Gasteiger partial charge in [-0.05, 0) is 31.0 Å². The number of hydrogen-bond acceptors (Lipinski definition) is 2. The van der Waals surface area contributed by atoms with Gasteiger partial charge in [-0.15, -0.1) is 11.8 Å². The molecule has 1 atom stereocenters. The lowest BCUT2D eigenvalue weighted by molar-refractivity contribution is 0.940. The van der Waals surface area contributed by atoms with E-state index in [4.69, 9.17) is 5.73 Å². The van der Waals surface area contributed by atoms with E-state index in [1.165, 1.54) is 21.6 Å². The third-order valence-electron chi connectivity index (χ3n) is 3.00. The topological polar surface area (TPSA) is 26.0 Å². The van der Waals surface area contributed by atoms with Gasteiger partial charge in [0, 0.05) is 16.7 Å². The van der Waals surface area contributed by atoms with Gasteiger partial charge in [0.1, 0.15) is 0 Å². The first kappa shape index (κ1) is 13.2. The minimum absolute atomic E-state index is 0.326. The number of thioether (sulfide) groups is 1. The van der Waals surface area contributed by atoms with Crippen LogP contribution in [0.2, 0.25) is 0 Å². The second-order valence-electron chi connectivity index (χ2n) is 4.52. The largest absolute Gasteiger partial charge is 0.329 e. The number of hydrogen-bond donors (Lipinski definition) is 1. The van der Waals surface area contributed by atoms with Crippen molar-refractivity contribution in [2.45, 2.75) is 24.0 Å². The molecule has 0 amide bonds. The summed E-state index contributed by atoms with van der Waals surface area (Å²) in [5, 5.41) is 0.326. The van der Waals surface area contributed by atoms with E-state index in [1.807, 2.05) is 17.8 Å². The van der Waals surface area contributed by atoms with Gasteiger partial charge in [0.25, 0.3) is 0 Å². The Morgan fingerprint density at radius 2 is 1.78 bits per heavy atom. The third kappa shape index (κ3) is 3.15. The lowest BCUT2D eigenvalue weighted by Gasteiger charge is -2.16. The second kappa shape index (κ2) is 6.07. The first-order valence-corrected chi connectivity index (χ1v) is 7.07. The lowest BCUT2D eigenvalue weighted by atomic mass is 10.1. The van der Waals surface area contributed by atoms with Crippen LogP contribution in [0.1, 0.15) is 21.9 Å². The molecule has 2 aromatic carbocycles. The van der Waals surface area contributed by atoms with Crippen molar-refractivity contribution in [1.29, 1.82) is 0 Å². The molecular weight excluding hydrogens is 238 g/mol. The molecule has 0 fully saturated rings. The van der Waals surface area contributed by atoms with Crippen molar-refractivity contribution in [2.75, 3.05) is 6.54 Å². The average molecular weight is 257 g/mol. The molecule has 2 N–H and O–H groups in total. The molecule has 0 aliphatic carbocycles. The van der Waals surface area contributed by atoms with Gasteiger partial charge in [-0.2, -0.15) is 0 Å². The van der Waals surface area contributed by atoms with Crippen molar-refractivity contribution < 1.29 is 0 Å². The molecule has 0 spiro atoms. The summed E-state index contributed by atoms with van der Waals surface area (Å²) in [4.78, 5) is 1.33. The standard InChI is InChI=1S/C16H19NS/c1-12-8-9-13(2)15(10-12)18-16(11-17)14-6-4-3-5-7-14/h3-10,16H,11,17H2,1-2H3. The minimum Gasteiger partial charge on any atom is -0.329 e. The summed E-state index contributed by atoms with van der Waals surface area (Å²) >= 11 is 1.86. The molecule has 18 heavy (non-hydrogen) atoms. The summed E-state index contributed by atoms with van der Waals surface area (Å²) in [7, 11) is 0. The summed E-state index contributed by atoms with van der Waals surface area (Å²) in [6.45, 7) is 4.94. The Bertz CT molecular complexity index is 508. The first-order valence-electron chi connectivity index (χ1n) is 6.19. The molecule has 0 bridgehead atoms. The molecule has 2 aromatic rings. The van der Waals surface area contributed by atoms with E-state index in [0.29, 0.717) is 11.8 Å². The minimum atomic E-state index is 0.326. The SMILES string of the molecule is Cc1ccc(C)c(SC(CN)c2ccccc2)c1. The van der Waals surface area contributed by atoms with E-state index in [-0.39, 0.29) is 0 Å². The van der Waals surface area contributed by atoms with Crippen molar-refractivity contribution in [1.82, 2.24) is 0 Å². The molecule has 94 valence electrons. The van der Waals surface area contributed by atoms with Gasteiger partial charge in [0.15, 0.2) is 0 Å². The Hall–Kier alpha value is -1.25. The van der Waals surface area contributed by atoms with Crippen LogP contribution in [-0.4, -0.2) is 6.54 Å². The molecular formula is C16H19NS. The number of rotatable bonds is 4. The van der Waals surface area contributed by atoms with Gasteiger partial charge in [-0.25, -0.2) is 0 Å². The zero-order valence-corrected chi connectivity index (χ0v) is 11.7. The summed E-state index contributed by atoms with van der Waals surface area (Å²) < 4.78 is 0. The van der Waals surface area contributed by atoms with Gasteiger partial charge in [-0.3, -0.25) is 0 Å². The van der Waals surface area contributed by atoms with E-state index in [0.717, 1.165) is 0 Å². The van der Waals surface area contributed by atoms with Crippen LogP contribution < -0.4 is 5.73 Å². The second-order valence-corrected chi connectivity index (χ2v) is 5.77. The highest BCUT2D eigenvalue weighted by Crippen LogP contribution is 2.36. The van der Waals surface area contributed by atoms with Gasteiger partial charge >= 0.3 is 0 Å². The van der Waals surface area contributed by atoms with Crippen molar-refractivity contribution in [3.05, 3.63) is 65.2 Å². The summed E-state index contributed by atoms with van der Waals surface area (Å²) in [6, 6.07) is 17.1. The Kier molecular flexibility index (Phi) is 4.45. The van der Waals surface area contributed by atoms with Crippen molar-refractivity contribution in [2.24, 2.45) is 5.73 Å². The molecule has 2 rings (SSSR count). The highest BCUT2D eigenvalue weighted by atomic mass is 32.2. The van der Waals surface area contributed by atoms with Gasteiger partial charge in [0.2, 0.25) is 0 Å². The summed E-state index contributed by atoms with van der Waals surface area (Å²) in [5.74, 6) is 0. The van der Waals surface area contributed by atoms with Crippen molar-refractivity contribution in [3.63, 3.8) is 0 Å². The fourth-order valence-electron chi connectivity index (χ4n) is 1.91. The van der Waals surface area contributed by atoms with E-state index in [1.54, 1.807) is 0 Å². The number of benzene rings is 2. The maximum Gasteiger partial charge on any atom is 0.0466 e. The van der Waals surface area contributed by atoms with Crippen LogP contribution >= 0.6 is 11.8 Å². The predicted molar refractivity (Wildman–Crippen MR) is 80.0 cm³/mol. The molecule has 2 heteroatoms. The summed E-state index contributed by atoms with van der Waals surface area (Å²) in [5.41, 5.74) is 9.83. The quantitative estimate of drug-likeness (QED) is 0.835.